The fourth-order valence-electron chi connectivity index (χ4n) is 3.47. The Labute approximate surface area is 146 Å². The number of hydrogen-bond donors (Lipinski definition) is 1. The summed E-state index contributed by atoms with van der Waals surface area (Å²) in [7, 11) is -3.61. The van der Waals surface area contributed by atoms with Gasteiger partial charge < -0.3 is 5.11 Å². The largest absolute Gasteiger partial charge is 0.395 e. The number of nitrogens with zero attached hydrogens (tertiary/aromatic N) is 2. The van der Waals surface area contributed by atoms with Crippen molar-refractivity contribution in [3.05, 3.63) is 59.9 Å². The predicted octanol–water partition coefficient (Wildman–Crippen LogP) is 2.10. The molecule has 2 aromatic rings. The van der Waals surface area contributed by atoms with Crippen LogP contribution in [0.25, 0.3) is 11.1 Å². The summed E-state index contributed by atoms with van der Waals surface area (Å²) in [5.41, 5.74) is 2.32. The average Bonchev–Trinajstić information content (AvgIpc) is 2.55. The number of aliphatic hydroxyl groups excluding tert-OH is 1. The summed E-state index contributed by atoms with van der Waals surface area (Å²) in [5, 5.41) is 19.2. The Morgan fingerprint density at radius 2 is 1.84 bits per heavy atom. The molecule has 2 aromatic carbocycles. The second-order valence-corrected chi connectivity index (χ2v) is 7.92. The van der Waals surface area contributed by atoms with Crippen LogP contribution in [0.3, 0.4) is 0 Å². The van der Waals surface area contributed by atoms with E-state index in [9.17, 15) is 23.2 Å². The molecule has 1 aliphatic heterocycles. The Morgan fingerprint density at radius 3 is 2.40 bits per heavy atom. The SMILES string of the molecule is CS(=O)(=O)N1[C@@H](C#N)[C@@H](c2ccccc2-c2ccc(F)cc2)[C@@H]1CO. The van der Waals surface area contributed by atoms with Crippen LogP contribution in [0.2, 0.25) is 0 Å². The molecule has 0 spiro atoms. The van der Waals surface area contributed by atoms with Crippen molar-refractivity contribution in [1.82, 2.24) is 4.31 Å². The first-order chi connectivity index (χ1) is 11.9. The Kier molecular flexibility index (Phi) is 4.60. The zero-order valence-electron chi connectivity index (χ0n) is 13.5. The van der Waals surface area contributed by atoms with Gasteiger partial charge in [0, 0.05) is 5.92 Å². The van der Waals surface area contributed by atoms with Crippen LogP contribution >= 0.6 is 0 Å². The molecule has 0 unspecified atom stereocenters. The Morgan fingerprint density at radius 1 is 1.20 bits per heavy atom. The molecule has 5 nitrogen and oxygen atoms in total. The molecule has 0 aliphatic carbocycles. The van der Waals surface area contributed by atoms with Crippen LogP contribution in [0.1, 0.15) is 11.5 Å². The molecule has 3 rings (SSSR count). The first-order valence-electron chi connectivity index (χ1n) is 7.72. The zero-order valence-corrected chi connectivity index (χ0v) is 14.3. The van der Waals surface area contributed by atoms with E-state index < -0.39 is 28.0 Å². The van der Waals surface area contributed by atoms with Gasteiger partial charge in [0.05, 0.1) is 25.0 Å². The van der Waals surface area contributed by atoms with Crippen molar-refractivity contribution < 1.29 is 17.9 Å². The van der Waals surface area contributed by atoms with Gasteiger partial charge >= 0.3 is 0 Å². The molecular weight excluding hydrogens is 343 g/mol. The average molecular weight is 360 g/mol. The fraction of sp³-hybridized carbons (Fsp3) is 0.278. The second-order valence-electron chi connectivity index (χ2n) is 6.04. The van der Waals surface area contributed by atoms with Gasteiger partial charge in [-0.25, -0.2) is 12.8 Å². The molecule has 3 atom stereocenters. The van der Waals surface area contributed by atoms with Crippen LogP contribution in [0.15, 0.2) is 48.5 Å². The minimum atomic E-state index is -3.61. The summed E-state index contributed by atoms with van der Waals surface area (Å²) < 4.78 is 38.1. The van der Waals surface area contributed by atoms with Gasteiger partial charge in [-0.15, -0.1) is 0 Å². The first-order valence-corrected chi connectivity index (χ1v) is 9.57. The van der Waals surface area contributed by atoms with Crippen molar-refractivity contribution in [1.29, 1.82) is 5.26 Å². The summed E-state index contributed by atoms with van der Waals surface area (Å²) in [5.74, 6) is -0.803. The normalized spacial score (nSPS) is 23.7. The molecule has 130 valence electrons. The van der Waals surface area contributed by atoms with Gasteiger partial charge in [0.1, 0.15) is 11.9 Å². The molecule has 1 fully saturated rings. The first kappa shape index (κ1) is 17.5. The smallest absolute Gasteiger partial charge is 0.212 e. The third kappa shape index (κ3) is 3.04. The highest BCUT2D eigenvalue weighted by Crippen LogP contribution is 2.45. The van der Waals surface area contributed by atoms with E-state index in [-0.39, 0.29) is 12.4 Å². The molecule has 7 heteroatoms. The van der Waals surface area contributed by atoms with Crippen LogP contribution < -0.4 is 0 Å². The lowest BCUT2D eigenvalue weighted by atomic mass is 9.75. The third-order valence-electron chi connectivity index (χ3n) is 4.53. The van der Waals surface area contributed by atoms with Gasteiger partial charge in [0.15, 0.2) is 0 Å². The van der Waals surface area contributed by atoms with Gasteiger partial charge in [-0.3, -0.25) is 0 Å². The lowest BCUT2D eigenvalue weighted by molar-refractivity contribution is 0.0566. The van der Waals surface area contributed by atoms with E-state index in [2.05, 4.69) is 0 Å². The van der Waals surface area contributed by atoms with E-state index in [0.29, 0.717) is 0 Å². The molecular formula is C18H17FN2O3S. The Hall–Kier alpha value is -2.27. The van der Waals surface area contributed by atoms with Gasteiger partial charge in [-0.2, -0.15) is 9.57 Å². The van der Waals surface area contributed by atoms with Gasteiger partial charge in [-0.05, 0) is 28.8 Å². The third-order valence-corrected chi connectivity index (χ3v) is 5.80. The monoisotopic (exact) mass is 360 g/mol. The number of halogens is 1. The van der Waals surface area contributed by atoms with E-state index in [4.69, 9.17) is 0 Å². The summed E-state index contributed by atoms with van der Waals surface area (Å²) in [6.45, 7) is -0.381. The molecule has 0 aromatic heterocycles. The van der Waals surface area contributed by atoms with Crippen molar-refractivity contribution in [2.45, 2.75) is 18.0 Å². The van der Waals surface area contributed by atoms with E-state index in [0.717, 1.165) is 27.3 Å². The number of benzene rings is 2. The summed E-state index contributed by atoms with van der Waals surface area (Å²) in [6, 6.07) is 13.7. The minimum absolute atomic E-state index is 0.351. The molecule has 0 amide bonds. The lowest BCUT2D eigenvalue weighted by Gasteiger charge is -2.50. The van der Waals surface area contributed by atoms with E-state index in [1.807, 2.05) is 24.3 Å². The number of sulfonamides is 1. The highest BCUT2D eigenvalue weighted by molar-refractivity contribution is 7.88. The van der Waals surface area contributed by atoms with E-state index in [1.54, 1.807) is 18.2 Å². The van der Waals surface area contributed by atoms with Crippen molar-refractivity contribution in [2.24, 2.45) is 0 Å². The molecule has 0 radical (unpaired) electrons. The van der Waals surface area contributed by atoms with Crippen LogP contribution in [0.5, 0.6) is 0 Å². The quantitative estimate of drug-likeness (QED) is 0.905. The maximum atomic E-state index is 13.2. The molecule has 25 heavy (non-hydrogen) atoms. The predicted molar refractivity (Wildman–Crippen MR) is 91.5 cm³/mol. The number of nitriles is 1. The Bertz CT molecular complexity index is 922. The minimum Gasteiger partial charge on any atom is -0.395 e. The molecule has 1 N–H and O–H groups in total. The number of aliphatic hydroxyl groups is 1. The molecule has 1 heterocycles. The number of hydrogen-bond acceptors (Lipinski definition) is 4. The van der Waals surface area contributed by atoms with Crippen molar-refractivity contribution in [3.8, 4) is 17.2 Å². The summed E-state index contributed by atoms with van der Waals surface area (Å²) in [6.07, 6.45) is 1.03. The van der Waals surface area contributed by atoms with Crippen LogP contribution in [-0.4, -0.2) is 42.8 Å². The second kappa shape index (κ2) is 6.56. The standard InChI is InChI=1S/C18H17FN2O3S/c1-25(23,24)21-16(10-20)18(17(21)11-22)15-5-3-2-4-14(15)12-6-8-13(19)9-7-12/h2-9,16-18,22H,11H2,1H3/t16-,17-,18+/m0/s1. The van der Waals surface area contributed by atoms with Crippen molar-refractivity contribution in [3.63, 3.8) is 0 Å². The highest BCUT2D eigenvalue weighted by Gasteiger charge is 2.54. The highest BCUT2D eigenvalue weighted by atomic mass is 32.2. The van der Waals surface area contributed by atoms with Gasteiger partial charge in [0.2, 0.25) is 10.0 Å². The molecule has 0 saturated carbocycles. The van der Waals surface area contributed by atoms with E-state index in [1.165, 1.54) is 12.1 Å². The lowest BCUT2D eigenvalue weighted by Crippen LogP contribution is -2.64. The molecule has 0 bridgehead atoms. The number of rotatable bonds is 4. The molecule has 1 aliphatic rings. The van der Waals surface area contributed by atoms with Crippen molar-refractivity contribution >= 4 is 10.0 Å². The Balaban J connectivity index is 2.08. The van der Waals surface area contributed by atoms with Gasteiger partial charge in [0.25, 0.3) is 0 Å². The van der Waals surface area contributed by atoms with Crippen molar-refractivity contribution in [2.75, 3.05) is 12.9 Å². The van der Waals surface area contributed by atoms with Crippen LogP contribution in [-0.2, 0) is 10.0 Å². The summed E-state index contributed by atoms with van der Waals surface area (Å²) >= 11 is 0. The van der Waals surface area contributed by atoms with Gasteiger partial charge in [-0.1, -0.05) is 36.4 Å². The maximum absolute atomic E-state index is 13.2. The summed E-state index contributed by atoms with van der Waals surface area (Å²) in [4.78, 5) is 0. The van der Waals surface area contributed by atoms with Crippen LogP contribution in [0.4, 0.5) is 4.39 Å². The van der Waals surface area contributed by atoms with Crippen LogP contribution in [0, 0.1) is 17.1 Å². The van der Waals surface area contributed by atoms with E-state index >= 15 is 0 Å². The fourth-order valence-corrected chi connectivity index (χ4v) is 4.75. The maximum Gasteiger partial charge on any atom is 0.212 e. The zero-order chi connectivity index (χ0) is 18.2. The topological polar surface area (TPSA) is 81.4 Å². The molecule has 1 saturated heterocycles.